The molecule has 1 aromatic carbocycles. The third-order valence-electron chi connectivity index (χ3n) is 2.23. The lowest BCUT2D eigenvalue weighted by Gasteiger charge is -2.06. The molecule has 96 valence electrons. The molecule has 5 heteroatoms. The zero-order valence-electron chi connectivity index (χ0n) is 10.4. The van der Waals surface area contributed by atoms with Crippen molar-refractivity contribution in [3.05, 3.63) is 35.3 Å². The highest BCUT2D eigenvalue weighted by molar-refractivity contribution is 8.01. The minimum absolute atomic E-state index is 0.676. The average molecular weight is 281 g/mol. The Kier molecular flexibility index (Phi) is 4.90. The zero-order valence-corrected chi connectivity index (χ0v) is 12.0. The van der Waals surface area contributed by atoms with Crippen molar-refractivity contribution in [1.82, 2.24) is 4.98 Å². The summed E-state index contributed by atoms with van der Waals surface area (Å²) in [6, 6.07) is 7.62. The Balaban J connectivity index is 1.71. The summed E-state index contributed by atoms with van der Waals surface area (Å²) in [5, 5.41) is 2.06. The van der Waals surface area contributed by atoms with Gasteiger partial charge in [0.2, 0.25) is 0 Å². The van der Waals surface area contributed by atoms with Crippen LogP contribution >= 0.6 is 23.1 Å². The Morgan fingerprint density at radius 3 is 2.56 bits per heavy atom. The smallest absolute Gasteiger partial charge is 0.150 e. The standard InChI is InChI=1S/C13H15NO2S2/c1-10-9-18-13(14-10)17-8-7-16-12-5-3-11(15-2)4-6-12/h3-6,9H,7-8H2,1-2H3. The topological polar surface area (TPSA) is 31.4 Å². The third-order valence-corrected chi connectivity index (χ3v) is 4.34. The molecule has 18 heavy (non-hydrogen) atoms. The van der Waals surface area contributed by atoms with E-state index in [0.29, 0.717) is 6.61 Å². The van der Waals surface area contributed by atoms with Crippen LogP contribution in [-0.4, -0.2) is 24.5 Å². The summed E-state index contributed by atoms with van der Waals surface area (Å²) in [5.74, 6) is 2.61. The number of thioether (sulfide) groups is 1. The van der Waals surface area contributed by atoms with Crippen LogP contribution in [-0.2, 0) is 0 Å². The van der Waals surface area contributed by atoms with Crippen molar-refractivity contribution in [2.24, 2.45) is 0 Å². The van der Waals surface area contributed by atoms with Gasteiger partial charge in [-0.15, -0.1) is 11.3 Å². The minimum atomic E-state index is 0.676. The Morgan fingerprint density at radius 2 is 1.94 bits per heavy atom. The Hall–Kier alpha value is -1.20. The maximum Gasteiger partial charge on any atom is 0.150 e. The van der Waals surface area contributed by atoms with E-state index in [1.54, 1.807) is 30.2 Å². The van der Waals surface area contributed by atoms with Gasteiger partial charge in [-0.1, -0.05) is 11.8 Å². The summed E-state index contributed by atoms with van der Waals surface area (Å²) in [6.07, 6.45) is 0. The first-order valence-electron chi connectivity index (χ1n) is 5.60. The van der Waals surface area contributed by atoms with Crippen LogP contribution in [0, 0.1) is 6.92 Å². The molecular weight excluding hydrogens is 266 g/mol. The number of thiazole rings is 1. The third kappa shape index (κ3) is 3.92. The quantitative estimate of drug-likeness (QED) is 0.597. The van der Waals surface area contributed by atoms with Crippen LogP contribution in [0.5, 0.6) is 11.5 Å². The fourth-order valence-electron chi connectivity index (χ4n) is 1.36. The van der Waals surface area contributed by atoms with E-state index < -0.39 is 0 Å². The van der Waals surface area contributed by atoms with Gasteiger partial charge >= 0.3 is 0 Å². The van der Waals surface area contributed by atoms with Crippen LogP contribution in [0.1, 0.15) is 5.69 Å². The molecule has 0 amide bonds. The fourth-order valence-corrected chi connectivity index (χ4v) is 3.10. The van der Waals surface area contributed by atoms with Gasteiger partial charge < -0.3 is 9.47 Å². The maximum atomic E-state index is 5.63. The normalized spacial score (nSPS) is 10.3. The highest BCUT2D eigenvalue weighted by Gasteiger charge is 2.00. The van der Waals surface area contributed by atoms with Gasteiger partial charge in [0.15, 0.2) is 0 Å². The highest BCUT2D eigenvalue weighted by atomic mass is 32.2. The van der Waals surface area contributed by atoms with E-state index in [2.05, 4.69) is 10.4 Å². The van der Waals surface area contributed by atoms with E-state index in [9.17, 15) is 0 Å². The summed E-state index contributed by atoms with van der Waals surface area (Å²) >= 11 is 3.41. The fraction of sp³-hybridized carbons (Fsp3) is 0.308. The van der Waals surface area contributed by atoms with Crippen LogP contribution < -0.4 is 9.47 Å². The second kappa shape index (κ2) is 6.66. The molecule has 0 atom stereocenters. The molecule has 3 nitrogen and oxygen atoms in total. The number of aromatic nitrogens is 1. The number of methoxy groups -OCH3 is 1. The number of ether oxygens (including phenoxy) is 2. The van der Waals surface area contributed by atoms with E-state index in [1.165, 1.54) is 0 Å². The largest absolute Gasteiger partial charge is 0.497 e. The van der Waals surface area contributed by atoms with E-state index in [0.717, 1.165) is 27.3 Å². The molecule has 0 aliphatic heterocycles. The summed E-state index contributed by atoms with van der Waals surface area (Å²) in [5.41, 5.74) is 1.08. The zero-order chi connectivity index (χ0) is 12.8. The van der Waals surface area contributed by atoms with Crippen LogP contribution in [0.4, 0.5) is 0 Å². The Labute approximate surface area is 115 Å². The first kappa shape index (κ1) is 13.2. The average Bonchev–Trinajstić information content (AvgIpc) is 2.81. The molecule has 1 heterocycles. The van der Waals surface area contributed by atoms with Gasteiger partial charge in [-0.25, -0.2) is 4.98 Å². The van der Waals surface area contributed by atoms with Crippen molar-refractivity contribution in [2.45, 2.75) is 11.3 Å². The molecule has 1 aromatic heterocycles. The predicted molar refractivity (Wildman–Crippen MR) is 76.1 cm³/mol. The van der Waals surface area contributed by atoms with Gasteiger partial charge in [-0.2, -0.15) is 0 Å². The van der Waals surface area contributed by atoms with Gasteiger partial charge in [-0.3, -0.25) is 0 Å². The van der Waals surface area contributed by atoms with Crippen molar-refractivity contribution in [3.63, 3.8) is 0 Å². The molecule has 0 unspecified atom stereocenters. The number of aryl methyl sites for hydroxylation is 1. The number of hydrogen-bond acceptors (Lipinski definition) is 5. The molecule has 0 spiro atoms. The molecule has 0 N–H and O–H groups in total. The van der Waals surface area contributed by atoms with Crippen molar-refractivity contribution in [1.29, 1.82) is 0 Å². The molecule has 2 aromatic rings. The van der Waals surface area contributed by atoms with Gasteiger partial charge in [0, 0.05) is 16.8 Å². The molecule has 0 bridgehead atoms. The van der Waals surface area contributed by atoms with E-state index >= 15 is 0 Å². The molecule has 2 rings (SSSR count). The summed E-state index contributed by atoms with van der Waals surface area (Å²) in [6.45, 7) is 2.68. The molecular formula is C13H15NO2S2. The minimum Gasteiger partial charge on any atom is -0.497 e. The number of hydrogen-bond donors (Lipinski definition) is 0. The van der Waals surface area contributed by atoms with Crippen LogP contribution in [0.25, 0.3) is 0 Å². The number of rotatable bonds is 6. The molecule has 0 radical (unpaired) electrons. The van der Waals surface area contributed by atoms with Crippen molar-refractivity contribution >= 4 is 23.1 Å². The summed E-state index contributed by atoms with van der Waals surface area (Å²) in [7, 11) is 1.66. The SMILES string of the molecule is COc1ccc(OCCSc2nc(C)cs2)cc1. The van der Waals surface area contributed by atoms with Crippen molar-refractivity contribution in [2.75, 3.05) is 19.5 Å². The maximum absolute atomic E-state index is 5.63. The second-order valence-electron chi connectivity index (χ2n) is 3.63. The Bertz CT molecular complexity index is 482. The lowest BCUT2D eigenvalue weighted by molar-refractivity contribution is 0.342. The van der Waals surface area contributed by atoms with Crippen molar-refractivity contribution < 1.29 is 9.47 Å². The van der Waals surface area contributed by atoms with Crippen LogP contribution in [0.2, 0.25) is 0 Å². The lowest BCUT2D eigenvalue weighted by atomic mass is 10.3. The monoisotopic (exact) mass is 281 g/mol. The van der Waals surface area contributed by atoms with Gasteiger partial charge in [0.05, 0.1) is 13.7 Å². The summed E-state index contributed by atoms with van der Waals surface area (Å²) in [4.78, 5) is 4.39. The molecule has 0 aliphatic carbocycles. The van der Waals surface area contributed by atoms with E-state index in [1.807, 2.05) is 31.2 Å². The van der Waals surface area contributed by atoms with Crippen LogP contribution in [0.3, 0.4) is 0 Å². The number of nitrogens with zero attached hydrogens (tertiary/aromatic N) is 1. The molecule has 0 aliphatic rings. The number of benzene rings is 1. The first-order valence-corrected chi connectivity index (χ1v) is 7.46. The lowest BCUT2D eigenvalue weighted by Crippen LogP contribution is -1.99. The van der Waals surface area contributed by atoms with Gasteiger partial charge in [-0.05, 0) is 31.2 Å². The molecule has 0 saturated heterocycles. The molecule has 0 saturated carbocycles. The van der Waals surface area contributed by atoms with Gasteiger partial charge in [0.25, 0.3) is 0 Å². The second-order valence-corrected chi connectivity index (χ2v) is 5.83. The van der Waals surface area contributed by atoms with E-state index in [4.69, 9.17) is 9.47 Å². The highest BCUT2D eigenvalue weighted by Crippen LogP contribution is 2.22. The summed E-state index contributed by atoms with van der Waals surface area (Å²) < 4.78 is 11.8. The predicted octanol–water partition coefficient (Wildman–Crippen LogP) is 3.63. The van der Waals surface area contributed by atoms with Crippen molar-refractivity contribution in [3.8, 4) is 11.5 Å². The van der Waals surface area contributed by atoms with Crippen LogP contribution in [0.15, 0.2) is 34.0 Å². The van der Waals surface area contributed by atoms with E-state index in [-0.39, 0.29) is 0 Å². The van der Waals surface area contributed by atoms with Gasteiger partial charge in [0.1, 0.15) is 15.8 Å². The Morgan fingerprint density at radius 1 is 1.22 bits per heavy atom. The first-order chi connectivity index (χ1) is 8.78. The molecule has 0 fully saturated rings.